The number of benzene rings is 1. The van der Waals surface area contributed by atoms with Gasteiger partial charge in [0.2, 0.25) is 5.91 Å². The van der Waals surface area contributed by atoms with Gasteiger partial charge >= 0.3 is 10.1 Å². The van der Waals surface area contributed by atoms with Gasteiger partial charge in [-0.1, -0.05) is 6.07 Å². The highest BCUT2D eigenvalue weighted by atomic mass is 32.2. The molecule has 2 aromatic rings. The maximum absolute atomic E-state index is 12.6. The van der Waals surface area contributed by atoms with E-state index >= 15 is 0 Å². The Balaban J connectivity index is 2.40. The lowest BCUT2D eigenvalue weighted by atomic mass is 10.1. The zero-order valence-corrected chi connectivity index (χ0v) is 18.8. The minimum atomic E-state index is -3.73. The minimum Gasteiger partial charge on any atom is -0.467 e. The molecule has 1 aromatic carbocycles. The van der Waals surface area contributed by atoms with Crippen molar-refractivity contribution in [3.8, 4) is 5.75 Å². The van der Waals surface area contributed by atoms with E-state index in [2.05, 4.69) is 4.90 Å². The summed E-state index contributed by atoms with van der Waals surface area (Å²) in [6.07, 6.45) is 1.54. The average molecular weight is 439 g/mol. The lowest BCUT2D eigenvalue weighted by molar-refractivity contribution is -0.136. The van der Waals surface area contributed by atoms with Crippen LogP contribution in [0.5, 0.6) is 5.75 Å². The molecular weight excluding hydrogens is 408 g/mol. The first-order chi connectivity index (χ1) is 14.3. The molecule has 0 spiro atoms. The van der Waals surface area contributed by atoms with E-state index in [0.717, 1.165) is 18.8 Å². The van der Waals surface area contributed by atoms with Gasteiger partial charge in [0.1, 0.15) is 18.1 Å². The van der Waals surface area contributed by atoms with Gasteiger partial charge in [0.25, 0.3) is 0 Å². The van der Waals surface area contributed by atoms with Crippen LogP contribution in [0.3, 0.4) is 0 Å². The van der Waals surface area contributed by atoms with Gasteiger partial charge in [-0.05, 0) is 39.0 Å². The lowest BCUT2D eigenvalue weighted by Crippen LogP contribution is -2.33. The zero-order chi connectivity index (χ0) is 22.1. The number of hydrogen-bond acceptors (Lipinski definition) is 7. The highest BCUT2D eigenvalue weighted by Crippen LogP contribution is 2.29. The van der Waals surface area contributed by atoms with Crippen molar-refractivity contribution in [3.05, 3.63) is 47.9 Å². The highest BCUT2D eigenvalue weighted by Gasteiger charge is 2.21. The third-order valence-corrected chi connectivity index (χ3v) is 5.80. The van der Waals surface area contributed by atoms with E-state index in [1.165, 1.54) is 20.3 Å². The number of nitrogens with zero attached hydrogens (tertiary/aromatic N) is 2. The fraction of sp³-hybridized carbons (Fsp3) is 0.476. The van der Waals surface area contributed by atoms with Crippen LogP contribution in [-0.2, 0) is 32.7 Å². The number of amides is 1. The molecule has 0 fully saturated rings. The summed E-state index contributed by atoms with van der Waals surface area (Å²) in [5.41, 5.74) is 1.43. The Kier molecular flexibility index (Phi) is 8.73. The summed E-state index contributed by atoms with van der Waals surface area (Å²) in [5.74, 6) is 0.436. The van der Waals surface area contributed by atoms with Gasteiger partial charge in [-0.25, -0.2) is 0 Å². The van der Waals surface area contributed by atoms with E-state index in [9.17, 15) is 13.2 Å². The predicted octanol–water partition coefficient (Wildman–Crippen LogP) is 3.03. The molecule has 0 saturated heterocycles. The van der Waals surface area contributed by atoms with Crippen LogP contribution in [0.4, 0.5) is 5.69 Å². The molecule has 0 saturated carbocycles. The molecule has 2 rings (SSSR count). The Labute approximate surface area is 178 Å². The summed E-state index contributed by atoms with van der Waals surface area (Å²) in [6, 6.07) is 8.93. The largest absolute Gasteiger partial charge is 0.467 e. The molecule has 1 amide bonds. The van der Waals surface area contributed by atoms with Crippen molar-refractivity contribution in [3.63, 3.8) is 0 Å². The number of rotatable bonds is 12. The van der Waals surface area contributed by atoms with Gasteiger partial charge in [0.05, 0.1) is 18.6 Å². The summed E-state index contributed by atoms with van der Waals surface area (Å²) < 4.78 is 40.1. The molecule has 0 atom stereocenters. The normalized spacial score (nSPS) is 11.3. The Morgan fingerprint density at radius 1 is 1.10 bits per heavy atom. The topological polar surface area (TPSA) is 89.3 Å². The number of furan rings is 1. The predicted molar refractivity (Wildman–Crippen MR) is 115 cm³/mol. The molecular formula is C21H30N2O6S. The van der Waals surface area contributed by atoms with Gasteiger partial charge in [-0.3, -0.25) is 4.79 Å². The second-order valence-corrected chi connectivity index (χ2v) is 8.52. The van der Waals surface area contributed by atoms with Crippen LogP contribution in [0.15, 0.2) is 41.0 Å². The molecule has 30 heavy (non-hydrogen) atoms. The first kappa shape index (κ1) is 23.8. The second kappa shape index (κ2) is 11.0. The van der Waals surface area contributed by atoms with Crippen LogP contribution in [0.25, 0.3) is 0 Å². The smallest absolute Gasteiger partial charge is 0.308 e. The van der Waals surface area contributed by atoms with Crippen LogP contribution in [0.1, 0.15) is 32.1 Å². The van der Waals surface area contributed by atoms with Crippen LogP contribution in [-0.4, -0.2) is 51.8 Å². The van der Waals surface area contributed by atoms with Crippen LogP contribution < -0.4 is 9.08 Å². The van der Waals surface area contributed by atoms with Crippen molar-refractivity contribution in [1.29, 1.82) is 0 Å². The van der Waals surface area contributed by atoms with Crippen molar-refractivity contribution in [2.75, 3.05) is 37.5 Å². The number of carbonyl (C=O) groups excluding carboxylic acids is 1. The second-order valence-electron chi connectivity index (χ2n) is 6.66. The molecule has 0 unspecified atom stereocenters. The molecule has 166 valence electrons. The number of ether oxygens (including phenoxy) is 1. The molecule has 9 heteroatoms. The van der Waals surface area contributed by atoms with Gasteiger partial charge in [0, 0.05) is 44.1 Å². The van der Waals surface area contributed by atoms with Crippen molar-refractivity contribution in [2.24, 2.45) is 0 Å². The summed E-state index contributed by atoms with van der Waals surface area (Å²) in [4.78, 5) is 16.2. The van der Waals surface area contributed by atoms with Crippen LogP contribution >= 0.6 is 0 Å². The number of methoxy groups -OCH3 is 1. The molecule has 0 aliphatic heterocycles. The molecule has 0 radical (unpaired) electrons. The van der Waals surface area contributed by atoms with Gasteiger partial charge < -0.3 is 23.1 Å². The van der Waals surface area contributed by atoms with Crippen molar-refractivity contribution in [2.45, 2.75) is 33.9 Å². The molecule has 0 bridgehead atoms. The van der Waals surface area contributed by atoms with E-state index in [1.807, 2.05) is 19.9 Å². The van der Waals surface area contributed by atoms with E-state index < -0.39 is 10.1 Å². The average Bonchev–Trinajstić information content (AvgIpc) is 3.23. The van der Waals surface area contributed by atoms with Crippen LogP contribution in [0, 0.1) is 0 Å². The molecule has 0 N–H and O–H groups in total. The Morgan fingerprint density at radius 2 is 1.83 bits per heavy atom. The molecule has 0 aliphatic carbocycles. The molecule has 0 aliphatic rings. The van der Waals surface area contributed by atoms with Crippen molar-refractivity contribution < 1.29 is 26.5 Å². The Morgan fingerprint density at radius 3 is 2.40 bits per heavy atom. The van der Waals surface area contributed by atoms with E-state index in [1.54, 1.807) is 29.2 Å². The summed E-state index contributed by atoms with van der Waals surface area (Å²) >= 11 is 0. The number of anilines is 1. The SMILES string of the molecule is CCN(CC)c1ccc(CN(Cc2ccco2)C(=O)COC)c(OS(=O)(=O)CC)c1. The first-order valence-corrected chi connectivity index (χ1v) is 11.5. The summed E-state index contributed by atoms with van der Waals surface area (Å²) in [5, 5.41) is 0. The summed E-state index contributed by atoms with van der Waals surface area (Å²) in [6.45, 7) is 7.39. The lowest BCUT2D eigenvalue weighted by Gasteiger charge is -2.25. The highest BCUT2D eigenvalue weighted by molar-refractivity contribution is 7.87. The molecule has 1 aromatic heterocycles. The maximum atomic E-state index is 12.6. The minimum absolute atomic E-state index is 0.0955. The number of hydrogen-bond donors (Lipinski definition) is 0. The van der Waals surface area contributed by atoms with Crippen molar-refractivity contribution >= 4 is 21.7 Å². The first-order valence-electron chi connectivity index (χ1n) is 9.92. The molecule has 1 heterocycles. The maximum Gasteiger partial charge on any atom is 0.308 e. The quantitative estimate of drug-likeness (QED) is 0.471. The fourth-order valence-electron chi connectivity index (χ4n) is 2.98. The van der Waals surface area contributed by atoms with Crippen molar-refractivity contribution in [1.82, 2.24) is 4.90 Å². The van der Waals surface area contributed by atoms with Crippen LogP contribution in [0.2, 0.25) is 0 Å². The summed E-state index contributed by atoms with van der Waals surface area (Å²) in [7, 11) is -2.28. The van der Waals surface area contributed by atoms with E-state index in [4.69, 9.17) is 13.3 Å². The van der Waals surface area contributed by atoms with Gasteiger partial charge in [0.15, 0.2) is 0 Å². The third kappa shape index (κ3) is 6.50. The standard InChI is InChI=1S/C21H30N2O6S/c1-5-22(6-2)18-11-10-17(20(13-18)29-30(25,26)7-3)14-23(21(24)16-27-4)15-19-9-8-12-28-19/h8-13H,5-7,14-16H2,1-4H3. The zero-order valence-electron chi connectivity index (χ0n) is 18.0. The monoisotopic (exact) mass is 438 g/mol. The Bertz CT molecular complexity index is 908. The van der Waals surface area contributed by atoms with E-state index in [-0.39, 0.29) is 37.1 Å². The third-order valence-electron chi connectivity index (χ3n) is 4.66. The van der Waals surface area contributed by atoms with Gasteiger partial charge in [-0.15, -0.1) is 0 Å². The van der Waals surface area contributed by atoms with E-state index in [0.29, 0.717) is 11.3 Å². The molecule has 8 nitrogen and oxygen atoms in total. The Hall–Kier alpha value is -2.52. The van der Waals surface area contributed by atoms with Gasteiger partial charge in [-0.2, -0.15) is 8.42 Å². The number of carbonyl (C=O) groups is 1. The fourth-order valence-corrected chi connectivity index (χ4v) is 3.52.